The van der Waals surface area contributed by atoms with Gasteiger partial charge in [0.2, 0.25) is 0 Å². The molecule has 1 fully saturated rings. The summed E-state index contributed by atoms with van der Waals surface area (Å²) < 4.78 is 5.54. The number of ketones is 1. The number of aliphatic hydroxyl groups is 1. The monoisotopic (exact) mass is 336 g/mol. The molecule has 5 atom stereocenters. The third kappa shape index (κ3) is 4.69. The number of allylic oxidation sites excluding steroid dienone is 2. The molecule has 0 aromatic heterocycles. The fourth-order valence-corrected chi connectivity index (χ4v) is 3.78. The standard InChI is InChI=1S/C20H32O4/c1-13-6-5-11-20(4,23)18-12-16(15(3)19(22)24-18)9-8-14(2)17(21)10-7-13/h6,14-16,18,23H,5,7-12H2,1-4H3. The minimum absolute atomic E-state index is 0.0323. The number of hydrogen-bond acceptors (Lipinski definition) is 4. The van der Waals surface area contributed by atoms with E-state index < -0.39 is 11.7 Å². The Bertz CT molecular complexity index is 506. The van der Waals surface area contributed by atoms with Gasteiger partial charge in [0.25, 0.3) is 0 Å². The fraction of sp³-hybridized carbons (Fsp3) is 0.800. The van der Waals surface area contributed by atoms with Gasteiger partial charge in [-0.25, -0.2) is 0 Å². The first-order valence-electron chi connectivity index (χ1n) is 9.32. The number of ether oxygens (including phenoxy) is 1. The van der Waals surface area contributed by atoms with E-state index in [0.29, 0.717) is 25.0 Å². The Balaban J connectivity index is 2.20. The molecule has 2 rings (SSSR count). The number of carbonyl (C=O) groups excluding carboxylic acids is 2. The molecule has 2 bridgehead atoms. The van der Waals surface area contributed by atoms with Gasteiger partial charge in [0.15, 0.2) is 0 Å². The van der Waals surface area contributed by atoms with Crippen LogP contribution in [0, 0.1) is 17.8 Å². The molecule has 1 aliphatic heterocycles. The maximum absolute atomic E-state index is 12.3. The number of esters is 1. The van der Waals surface area contributed by atoms with Crippen molar-refractivity contribution in [3.8, 4) is 0 Å². The number of Topliss-reactive ketones (excluding diaryl/α,β-unsaturated/α-hetero) is 1. The van der Waals surface area contributed by atoms with Gasteiger partial charge < -0.3 is 9.84 Å². The molecule has 1 heterocycles. The van der Waals surface area contributed by atoms with Crippen LogP contribution in [-0.2, 0) is 14.3 Å². The second-order valence-electron chi connectivity index (χ2n) is 8.10. The van der Waals surface area contributed by atoms with Crippen molar-refractivity contribution in [2.75, 3.05) is 0 Å². The van der Waals surface area contributed by atoms with Gasteiger partial charge in [0.05, 0.1) is 11.5 Å². The summed E-state index contributed by atoms with van der Waals surface area (Å²) in [6.07, 6.45) is 6.66. The summed E-state index contributed by atoms with van der Waals surface area (Å²) in [4.78, 5) is 24.5. The van der Waals surface area contributed by atoms with E-state index in [1.165, 1.54) is 5.57 Å². The number of hydrogen-bond donors (Lipinski definition) is 1. The highest BCUT2D eigenvalue weighted by Gasteiger charge is 2.43. The van der Waals surface area contributed by atoms with Crippen LogP contribution in [0.4, 0.5) is 0 Å². The van der Waals surface area contributed by atoms with E-state index in [-0.39, 0.29) is 23.7 Å². The quantitative estimate of drug-likeness (QED) is 0.540. The Morgan fingerprint density at radius 3 is 2.62 bits per heavy atom. The first-order valence-corrected chi connectivity index (χ1v) is 9.32. The molecule has 4 heteroatoms. The Hall–Kier alpha value is -1.16. The second-order valence-corrected chi connectivity index (χ2v) is 8.10. The molecule has 0 aromatic carbocycles. The van der Waals surface area contributed by atoms with Crippen LogP contribution < -0.4 is 0 Å². The van der Waals surface area contributed by atoms with E-state index >= 15 is 0 Å². The molecular weight excluding hydrogens is 304 g/mol. The van der Waals surface area contributed by atoms with Gasteiger partial charge in [-0.15, -0.1) is 0 Å². The smallest absolute Gasteiger partial charge is 0.309 e. The van der Waals surface area contributed by atoms with Crippen LogP contribution in [0.2, 0.25) is 0 Å². The van der Waals surface area contributed by atoms with Crippen molar-refractivity contribution in [1.82, 2.24) is 0 Å². The molecule has 5 unspecified atom stereocenters. The predicted molar refractivity (Wildman–Crippen MR) is 93.4 cm³/mol. The van der Waals surface area contributed by atoms with Crippen LogP contribution >= 0.6 is 0 Å². The summed E-state index contributed by atoms with van der Waals surface area (Å²) in [7, 11) is 0. The van der Waals surface area contributed by atoms with Crippen molar-refractivity contribution in [3.63, 3.8) is 0 Å². The fourth-order valence-electron chi connectivity index (χ4n) is 3.78. The summed E-state index contributed by atoms with van der Waals surface area (Å²) in [5.74, 6) is 0.154. The molecule has 0 spiro atoms. The Morgan fingerprint density at radius 2 is 1.92 bits per heavy atom. The van der Waals surface area contributed by atoms with Gasteiger partial charge >= 0.3 is 5.97 Å². The zero-order chi connectivity index (χ0) is 17.9. The molecule has 2 aliphatic rings. The van der Waals surface area contributed by atoms with Crippen molar-refractivity contribution < 1.29 is 19.4 Å². The SMILES string of the molecule is CC1=CCCC(C)(O)C2CC(CCC(C)C(=O)CC1)C(C)C(=O)O2. The van der Waals surface area contributed by atoms with E-state index in [1.54, 1.807) is 6.92 Å². The van der Waals surface area contributed by atoms with Crippen LogP contribution in [0.3, 0.4) is 0 Å². The first-order chi connectivity index (χ1) is 11.2. The third-order valence-corrected chi connectivity index (χ3v) is 5.98. The minimum atomic E-state index is -1.00. The second kappa shape index (κ2) is 7.81. The van der Waals surface area contributed by atoms with Gasteiger partial charge in [-0.1, -0.05) is 25.5 Å². The highest BCUT2D eigenvalue weighted by Crippen LogP contribution is 2.37. The zero-order valence-electron chi connectivity index (χ0n) is 15.5. The normalized spacial score (nSPS) is 39.6. The molecule has 24 heavy (non-hydrogen) atoms. The van der Waals surface area contributed by atoms with Crippen LogP contribution in [-0.4, -0.2) is 28.6 Å². The van der Waals surface area contributed by atoms with Crippen molar-refractivity contribution >= 4 is 11.8 Å². The molecule has 4 nitrogen and oxygen atoms in total. The lowest BCUT2D eigenvalue weighted by Gasteiger charge is -2.40. The van der Waals surface area contributed by atoms with Gasteiger partial charge in [0, 0.05) is 12.3 Å². The summed E-state index contributed by atoms with van der Waals surface area (Å²) in [5.41, 5.74) is 0.187. The zero-order valence-corrected chi connectivity index (χ0v) is 15.5. The average molecular weight is 336 g/mol. The molecule has 136 valence electrons. The summed E-state index contributed by atoms with van der Waals surface area (Å²) in [6, 6.07) is 0. The lowest BCUT2D eigenvalue weighted by molar-refractivity contribution is -0.184. The largest absolute Gasteiger partial charge is 0.459 e. The first kappa shape index (κ1) is 19.2. The van der Waals surface area contributed by atoms with E-state index in [4.69, 9.17) is 4.74 Å². The van der Waals surface area contributed by atoms with Crippen molar-refractivity contribution in [1.29, 1.82) is 0 Å². The van der Waals surface area contributed by atoms with Crippen LogP contribution in [0.1, 0.15) is 72.6 Å². The Kier molecular flexibility index (Phi) is 6.24. The minimum Gasteiger partial charge on any atom is -0.459 e. The lowest BCUT2D eigenvalue weighted by atomic mass is 9.76. The molecule has 0 radical (unpaired) electrons. The van der Waals surface area contributed by atoms with E-state index in [9.17, 15) is 14.7 Å². The third-order valence-electron chi connectivity index (χ3n) is 5.98. The molecule has 1 N–H and O–H groups in total. The number of carbonyl (C=O) groups is 2. The van der Waals surface area contributed by atoms with Gasteiger partial charge in [-0.3, -0.25) is 9.59 Å². The Labute approximate surface area is 145 Å². The van der Waals surface area contributed by atoms with Gasteiger partial charge in [-0.2, -0.15) is 0 Å². The van der Waals surface area contributed by atoms with Crippen molar-refractivity contribution in [3.05, 3.63) is 11.6 Å². The maximum Gasteiger partial charge on any atom is 0.309 e. The number of rotatable bonds is 0. The van der Waals surface area contributed by atoms with Gasteiger partial charge in [-0.05, 0) is 58.3 Å². The lowest BCUT2D eigenvalue weighted by Crippen LogP contribution is -2.49. The van der Waals surface area contributed by atoms with Crippen LogP contribution in [0.5, 0.6) is 0 Å². The van der Waals surface area contributed by atoms with Crippen molar-refractivity contribution in [2.24, 2.45) is 17.8 Å². The summed E-state index contributed by atoms with van der Waals surface area (Å²) >= 11 is 0. The Morgan fingerprint density at radius 1 is 1.21 bits per heavy atom. The molecule has 1 saturated heterocycles. The van der Waals surface area contributed by atoms with Crippen molar-refractivity contribution in [2.45, 2.75) is 84.3 Å². The topological polar surface area (TPSA) is 63.6 Å². The van der Waals surface area contributed by atoms with Gasteiger partial charge in [0.1, 0.15) is 11.9 Å². The highest BCUT2D eigenvalue weighted by atomic mass is 16.6. The summed E-state index contributed by atoms with van der Waals surface area (Å²) in [6.45, 7) is 7.71. The maximum atomic E-state index is 12.3. The molecular formula is C20H32O4. The van der Waals surface area contributed by atoms with E-state index in [1.807, 2.05) is 20.8 Å². The predicted octanol–water partition coefficient (Wildman–Crippen LogP) is 3.81. The summed E-state index contributed by atoms with van der Waals surface area (Å²) in [5, 5.41) is 10.8. The average Bonchev–Trinajstić information content (AvgIpc) is 2.52. The molecule has 1 aliphatic carbocycles. The molecule has 0 saturated carbocycles. The highest BCUT2D eigenvalue weighted by molar-refractivity contribution is 5.80. The molecule has 0 aromatic rings. The molecule has 0 amide bonds. The van der Waals surface area contributed by atoms with Crippen LogP contribution in [0.15, 0.2) is 11.6 Å². The van der Waals surface area contributed by atoms with E-state index in [2.05, 4.69) is 6.08 Å². The van der Waals surface area contributed by atoms with E-state index in [0.717, 1.165) is 25.7 Å². The van der Waals surface area contributed by atoms with Crippen LogP contribution in [0.25, 0.3) is 0 Å². The number of fused-ring (bicyclic) bond motifs is 2.